The van der Waals surface area contributed by atoms with E-state index in [4.69, 9.17) is 58.6 Å². The molecule has 0 aliphatic heterocycles. The van der Waals surface area contributed by atoms with Gasteiger partial charge in [-0.25, -0.2) is 0 Å². The van der Waals surface area contributed by atoms with Gasteiger partial charge >= 0.3 is 0 Å². The van der Waals surface area contributed by atoms with Crippen LogP contribution in [0.5, 0.6) is 0 Å². The first kappa shape index (κ1) is 19.3. The molecule has 134 valence electrons. The Labute approximate surface area is 176 Å². The fourth-order valence-electron chi connectivity index (χ4n) is 2.21. The molecule has 0 amide bonds. The third-order valence-electron chi connectivity index (χ3n) is 3.42. The van der Waals surface area contributed by atoms with Gasteiger partial charge in [0.2, 0.25) is 0 Å². The number of nitrogens with zero attached hydrogens (tertiary/aromatic N) is 2. The maximum absolute atomic E-state index is 6.24. The zero-order valence-electron chi connectivity index (χ0n) is 13.1. The van der Waals surface area contributed by atoms with Gasteiger partial charge in [0.15, 0.2) is 10.9 Å². The largest absolute Gasteiger partial charge is 0.332 e. The van der Waals surface area contributed by atoms with Crippen molar-refractivity contribution in [3.8, 4) is 0 Å². The van der Waals surface area contributed by atoms with Crippen molar-refractivity contribution >= 4 is 75.2 Å². The van der Waals surface area contributed by atoms with E-state index in [1.54, 1.807) is 29.1 Å². The lowest BCUT2D eigenvalue weighted by atomic mass is 10.2. The minimum absolute atomic E-state index is 0.327. The van der Waals surface area contributed by atoms with E-state index in [0.717, 1.165) is 5.56 Å². The lowest BCUT2D eigenvalue weighted by Crippen LogP contribution is -2.19. The van der Waals surface area contributed by atoms with Crippen LogP contribution in [0, 0.1) is 0 Å². The van der Waals surface area contributed by atoms with Gasteiger partial charge in [-0.15, -0.1) is 0 Å². The molecular formula is C17H12Cl4N4S. The van der Waals surface area contributed by atoms with Crippen molar-refractivity contribution in [3.05, 3.63) is 74.3 Å². The third kappa shape index (κ3) is 4.81. The number of aromatic nitrogens is 2. The molecule has 2 N–H and O–H groups in total. The van der Waals surface area contributed by atoms with Gasteiger partial charge in [0.05, 0.1) is 16.6 Å². The summed E-state index contributed by atoms with van der Waals surface area (Å²) in [5, 5.41) is 12.7. The van der Waals surface area contributed by atoms with Crippen molar-refractivity contribution in [2.24, 2.45) is 0 Å². The molecule has 0 fully saturated rings. The topological polar surface area (TPSA) is 41.9 Å². The summed E-state index contributed by atoms with van der Waals surface area (Å²) in [5.41, 5.74) is 1.64. The highest BCUT2D eigenvalue weighted by atomic mass is 35.5. The summed E-state index contributed by atoms with van der Waals surface area (Å²) in [4.78, 5) is 0. The Kier molecular flexibility index (Phi) is 6.27. The van der Waals surface area contributed by atoms with Crippen molar-refractivity contribution in [1.82, 2.24) is 9.78 Å². The van der Waals surface area contributed by atoms with E-state index in [1.807, 2.05) is 24.3 Å². The van der Waals surface area contributed by atoms with Gasteiger partial charge in [0.25, 0.3) is 0 Å². The minimum atomic E-state index is 0.327. The van der Waals surface area contributed by atoms with E-state index >= 15 is 0 Å². The molecule has 0 radical (unpaired) electrons. The van der Waals surface area contributed by atoms with Gasteiger partial charge in [0.1, 0.15) is 5.02 Å². The van der Waals surface area contributed by atoms with E-state index in [1.165, 1.54) is 0 Å². The number of nitrogens with one attached hydrogen (secondary N) is 2. The molecular weight excluding hydrogens is 434 g/mol. The lowest BCUT2D eigenvalue weighted by molar-refractivity contribution is 0.690. The Hall–Kier alpha value is -1.50. The molecule has 0 spiro atoms. The molecule has 1 aromatic heterocycles. The number of anilines is 2. The molecule has 0 bridgehead atoms. The molecule has 0 saturated carbocycles. The normalized spacial score (nSPS) is 10.6. The Morgan fingerprint density at radius 1 is 0.923 bits per heavy atom. The fraction of sp³-hybridized carbons (Fsp3) is 0.0588. The lowest BCUT2D eigenvalue weighted by Gasteiger charge is -2.09. The second-order valence-corrected chi connectivity index (χ2v) is 7.36. The van der Waals surface area contributed by atoms with Gasteiger partial charge < -0.3 is 10.6 Å². The van der Waals surface area contributed by atoms with Crippen molar-refractivity contribution in [2.75, 3.05) is 10.6 Å². The molecule has 0 saturated heterocycles. The maximum Gasteiger partial charge on any atom is 0.176 e. The van der Waals surface area contributed by atoms with Crippen molar-refractivity contribution in [3.63, 3.8) is 0 Å². The summed E-state index contributed by atoms with van der Waals surface area (Å²) in [6.07, 6.45) is 1.70. The SMILES string of the molecule is S=C(Nc1ccc(Cl)c(Cl)c1)Nc1nn(Cc2ccccc2Cl)cc1Cl. The first-order valence-corrected chi connectivity index (χ1v) is 9.34. The minimum Gasteiger partial charge on any atom is -0.332 e. The molecule has 0 aliphatic carbocycles. The summed E-state index contributed by atoms with van der Waals surface area (Å²) in [6.45, 7) is 0.494. The second kappa shape index (κ2) is 8.46. The van der Waals surface area contributed by atoms with Crippen LogP contribution in [-0.2, 0) is 6.54 Å². The van der Waals surface area contributed by atoms with E-state index in [9.17, 15) is 0 Å². The molecule has 1 heterocycles. The molecule has 3 aromatic rings. The first-order valence-electron chi connectivity index (χ1n) is 7.42. The van der Waals surface area contributed by atoms with Gasteiger partial charge in [0, 0.05) is 16.9 Å². The van der Waals surface area contributed by atoms with Crippen LogP contribution in [0.1, 0.15) is 5.56 Å². The van der Waals surface area contributed by atoms with Crippen LogP contribution in [-0.4, -0.2) is 14.9 Å². The molecule has 2 aromatic carbocycles. The Balaban J connectivity index is 1.68. The number of hydrogen-bond donors (Lipinski definition) is 2. The predicted molar refractivity (Wildman–Crippen MR) is 114 cm³/mol. The number of rotatable bonds is 4. The summed E-state index contributed by atoms with van der Waals surface area (Å²) in [6, 6.07) is 12.7. The molecule has 3 rings (SSSR count). The summed E-state index contributed by atoms with van der Waals surface area (Å²) in [7, 11) is 0. The highest BCUT2D eigenvalue weighted by molar-refractivity contribution is 7.80. The van der Waals surface area contributed by atoms with Crippen LogP contribution >= 0.6 is 58.6 Å². The van der Waals surface area contributed by atoms with Crippen LogP contribution in [0.25, 0.3) is 0 Å². The Bertz CT molecular complexity index is 958. The van der Waals surface area contributed by atoms with Crippen molar-refractivity contribution in [2.45, 2.75) is 6.54 Å². The van der Waals surface area contributed by atoms with Crippen LogP contribution in [0.4, 0.5) is 11.5 Å². The van der Waals surface area contributed by atoms with Crippen LogP contribution < -0.4 is 10.6 Å². The molecule has 0 unspecified atom stereocenters. The van der Waals surface area contributed by atoms with Crippen molar-refractivity contribution < 1.29 is 0 Å². The first-order chi connectivity index (χ1) is 12.4. The maximum atomic E-state index is 6.24. The predicted octanol–water partition coefficient (Wildman–Crippen LogP) is 6.35. The van der Waals surface area contributed by atoms with E-state index in [-0.39, 0.29) is 0 Å². The van der Waals surface area contributed by atoms with E-state index in [0.29, 0.717) is 43.3 Å². The van der Waals surface area contributed by atoms with E-state index in [2.05, 4.69) is 15.7 Å². The van der Waals surface area contributed by atoms with Gasteiger partial charge in [-0.05, 0) is 42.0 Å². The summed E-state index contributed by atoms with van der Waals surface area (Å²) >= 11 is 29.6. The van der Waals surface area contributed by atoms with Gasteiger partial charge in [-0.3, -0.25) is 4.68 Å². The van der Waals surface area contributed by atoms with Crippen molar-refractivity contribution in [1.29, 1.82) is 0 Å². The monoisotopic (exact) mass is 444 g/mol. The zero-order chi connectivity index (χ0) is 18.7. The Morgan fingerprint density at radius 2 is 1.69 bits per heavy atom. The molecule has 9 heteroatoms. The molecule has 0 atom stereocenters. The van der Waals surface area contributed by atoms with Crippen LogP contribution in [0.15, 0.2) is 48.7 Å². The number of hydrogen-bond acceptors (Lipinski definition) is 2. The number of halogens is 4. The smallest absolute Gasteiger partial charge is 0.176 e. The average molecular weight is 446 g/mol. The van der Waals surface area contributed by atoms with Gasteiger partial charge in [-0.2, -0.15) is 5.10 Å². The number of benzene rings is 2. The third-order valence-corrected chi connectivity index (χ3v) is 5.01. The molecule has 0 aliphatic rings. The number of thiocarbonyl (C=S) groups is 1. The van der Waals surface area contributed by atoms with Crippen LogP contribution in [0.3, 0.4) is 0 Å². The van der Waals surface area contributed by atoms with E-state index < -0.39 is 0 Å². The Morgan fingerprint density at radius 3 is 2.42 bits per heavy atom. The molecule has 4 nitrogen and oxygen atoms in total. The quantitative estimate of drug-likeness (QED) is 0.458. The highest BCUT2D eigenvalue weighted by Gasteiger charge is 2.10. The molecule has 26 heavy (non-hydrogen) atoms. The van der Waals surface area contributed by atoms with Crippen LogP contribution in [0.2, 0.25) is 20.1 Å². The highest BCUT2D eigenvalue weighted by Crippen LogP contribution is 2.26. The summed E-state index contributed by atoms with van der Waals surface area (Å²) < 4.78 is 1.69. The average Bonchev–Trinajstić information content (AvgIpc) is 2.92. The summed E-state index contributed by atoms with van der Waals surface area (Å²) in [5.74, 6) is 0.441. The second-order valence-electron chi connectivity index (χ2n) is 5.32. The fourth-order valence-corrected chi connectivity index (χ4v) is 3.11. The van der Waals surface area contributed by atoms with Gasteiger partial charge in [-0.1, -0.05) is 64.6 Å². The standard InChI is InChI=1S/C17H12Cl4N4S/c18-12-4-2-1-3-10(12)8-25-9-15(21)16(24-25)23-17(26)22-11-5-6-13(19)14(20)7-11/h1-7,9H,8H2,(H2,22,23,24,26). The zero-order valence-corrected chi connectivity index (χ0v) is 17.0.